The number of amides is 2. The van der Waals surface area contributed by atoms with Crippen LogP contribution in [0.5, 0.6) is 11.8 Å². The maximum absolute atomic E-state index is 11.7. The topological polar surface area (TPSA) is 195 Å². The maximum Gasteiger partial charge on any atom is 0.241 e. The zero-order valence-corrected chi connectivity index (χ0v) is 38.0. The first-order chi connectivity index (χ1) is 32.1. The molecule has 5 fully saturated rings. The van der Waals surface area contributed by atoms with Gasteiger partial charge in [-0.2, -0.15) is 0 Å². The molecule has 0 aromatic carbocycles. The molecule has 2 amide bonds. The van der Waals surface area contributed by atoms with Crippen molar-refractivity contribution in [2.75, 3.05) is 88.5 Å². The van der Waals surface area contributed by atoms with Crippen LogP contribution in [0, 0.1) is 11.8 Å². The summed E-state index contributed by atoms with van der Waals surface area (Å²) >= 11 is 0. The molecule has 5 aliphatic heterocycles. The van der Waals surface area contributed by atoms with Crippen molar-refractivity contribution >= 4 is 45.5 Å². The van der Waals surface area contributed by atoms with Crippen LogP contribution >= 0.6 is 0 Å². The number of nitrogens with one attached hydrogen (secondary N) is 3. The van der Waals surface area contributed by atoms with E-state index in [0.717, 1.165) is 122 Å². The first-order valence-corrected chi connectivity index (χ1v) is 23.1. The number of imidazole rings is 2. The van der Waals surface area contributed by atoms with E-state index in [9.17, 15) is 9.59 Å². The number of hydrogen-bond donors (Lipinski definition) is 3. The van der Waals surface area contributed by atoms with Gasteiger partial charge in [-0.05, 0) is 50.2 Å². The van der Waals surface area contributed by atoms with Crippen molar-refractivity contribution < 1.29 is 23.8 Å². The van der Waals surface area contributed by atoms with Crippen molar-refractivity contribution in [1.82, 2.24) is 59.9 Å². The molecule has 19 heteroatoms. The molecule has 4 atom stereocenters. The standard InChI is InChI=1S/C25H31N7O3.C22H27N7O2/c1-16(18-9-23(33)27-12-18)35-25-24-21(28-15-30(24)2)10-20(29-25)17-3-4-22(26-11-17)32-7-5-31(6-8-32)19-13-34-14-19;1-14(16-9-20(30)25-12-16)31-22-21-18(26-13-28(21)2)10-17(27-22)15-3-4-19(24-11-15)29-7-5-23-6-8-29/h3-4,10-11,15-16,18-19H,5-9,12-14H2,1-2H3,(H,27,33);3-4,10-11,13-14,16,23H,5-9,12H2,1-2H3,(H,25,30)/t16-,18-;14-,16-/m11/s1. The Labute approximate surface area is 383 Å². The molecule has 6 aromatic heterocycles. The number of anilines is 2. The van der Waals surface area contributed by atoms with Crippen LogP contribution in [-0.4, -0.2) is 153 Å². The molecule has 0 radical (unpaired) electrons. The molecule has 3 N–H and O–H groups in total. The van der Waals surface area contributed by atoms with E-state index in [1.807, 2.05) is 73.7 Å². The van der Waals surface area contributed by atoms with Gasteiger partial charge in [-0.25, -0.2) is 29.9 Å². The summed E-state index contributed by atoms with van der Waals surface area (Å²) in [7, 11) is 3.86. The Morgan fingerprint density at radius 3 is 1.55 bits per heavy atom. The van der Waals surface area contributed by atoms with Crippen LogP contribution < -0.4 is 35.2 Å². The highest BCUT2D eigenvalue weighted by atomic mass is 16.5. The molecular formula is C47H58N14O5. The molecule has 11 rings (SSSR count). The number of fused-ring (bicyclic) bond motifs is 2. The smallest absolute Gasteiger partial charge is 0.241 e. The van der Waals surface area contributed by atoms with Crippen LogP contribution in [0.4, 0.5) is 11.6 Å². The Hall–Kier alpha value is -6.44. The molecule has 5 saturated heterocycles. The normalized spacial score (nSPS) is 21.3. The Bertz CT molecular complexity index is 2670. The second-order valence-electron chi connectivity index (χ2n) is 18.0. The average Bonchev–Trinajstić information content (AvgIpc) is 4.14. The highest BCUT2D eigenvalue weighted by Crippen LogP contribution is 2.33. The molecule has 0 spiro atoms. The molecule has 5 aliphatic rings. The zero-order chi connectivity index (χ0) is 45.3. The lowest BCUT2D eigenvalue weighted by Gasteiger charge is -2.42. The molecule has 11 heterocycles. The minimum absolute atomic E-state index is 0.0717. The molecule has 0 bridgehead atoms. The monoisotopic (exact) mass is 898 g/mol. The predicted molar refractivity (Wildman–Crippen MR) is 249 cm³/mol. The van der Waals surface area contributed by atoms with Crippen molar-refractivity contribution in [1.29, 1.82) is 0 Å². The maximum atomic E-state index is 11.7. The summed E-state index contributed by atoms with van der Waals surface area (Å²) in [5, 5.41) is 9.12. The van der Waals surface area contributed by atoms with Crippen LogP contribution in [0.15, 0.2) is 61.4 Å². The molecular weight excluding hydrogens is 841 g/mol. The van der Waals surface area contributed by atoms with E-state index < -0.39 is 0 Å². The van der Waals surface area contributed by atoms with Gasteiger partial charge in [0, 0.05) is 128 Å². The zero-order valence-electron chi connectivity index (χ0n) is 38.0. The number of rotatable bonds is 11. The number of aromatic nitrogens is 8. The van der Waals surface area contributed by atoms with Gasteiger partial charge in [0.05, 0.1) is 54.3 Å². The van der Waals surface area contributed by atoms with E-state index in [4.69, 9.17) is 29.2 Å². The number of piperazine rings is 2. The molecule has 66 heavy (non-hydrogen) atoms. The van der Waals surface area contributed by atoms with Gasteiger partial charge >= 0.3 is 0 Å². The number of aryl methyl sites for hydroxylation is 2. The van der Waals surface area contributed by atoms with Gasteiger partial charge in [0.15, 0.2) is 0 Å². The van der Waals surface area contributed by atoms with Gasteiger partial charge < -0.3 is 49.1 Å². The first kappa shape index (κ1) is 43.5. The van der Waals surface area contributed by atoms with Gasteiger partial charge in [-0.15, -0.1) is 0 Å². The van der Waals surface area contributed by atoms with Crippen LogP contribution in [0.2, 0.25) is 0 Å². The number of carbonyl (C=O) groups excluding carboxylic acids is 2. The van der Waals surface area contributed by atoms with E-state index in [1.54, 1.807) is 12.7 Å². The number of ether oxygens (including phenoxy) is 3. The minimum Gasteiger partial charge on any atom is -0.473 e. The van der Waals surface area contributed by atoms with Gasteiger partial charge in [0.25, 0.3) is 0 Å². The molecule has 0 unspecified atom stereocenters. The third kappa shape index (κ3) is 9.19. The fourth-order valence-electron chi connectivity index (χ4n) is 9.29. The lowest BCUT2D eigenvalue weighted by Crippen LogP contribution is -2.56. The summed E-state index contributed by atoms with van der Waals surface area (Å²) in [6.45, 7) is 14.8. The summed E-state index contributed by atoms with van der Waals surface area (Å²) in [6.07, 6.45) is 7.93. The molecule has 346 valence electrons. The third-order valence-electron chi connectivity index (χ3n) is 13.6. The number of nitrogens with zero attached hydrogens (tertiary/aromatic N) is 11. The van der Waals surface area contributed by atoms with Crippen LogP contribution in [0.1, 0.15) is 26.7 Å². The van der Waals surface area contributed by atoms with Gasteiger partial charge in [0.2, 0.25) is 23.6 Å². The van der Waals surface area contributed by atoms with Crippen molar-refractivity contribution in [3.63, 3.8) is 0 Å². The highest BCUT2D eigenvalue weighted by Gasteiger charge is 2.32. The average molecular weight is 899 g/mol. The lowest BCUT2D eigenvalue weighted by atomic mass is 10.0. The van der Waals surface area contributed by atoms with E-state index >= 15 is 0 Å². The van der Waals surface area contributed by atoms with E-state index in [0.29, 0.717) is 43.7 Å². The quantitative estimate of drug-likeness (QED) is 0.172. The Balaban J connectivity index is 0.000000156. The fourth-order valence-corrected chi connectivity index (χ4v) is 9.29. The number of carbonyl (C=O) groups is 2. The minimum atomic E-state index is -0.152. The lowest BCUT2D eigenvalue weighted by molar-refractivity contribution is -0.120. The number of hydrogen-bond acceptors (Lipinski definition) is 15. The second-order valence-corrected chi connectivity index (χ2v) is 18.0. The van der Waals surface area contributed by atoms with Crippen molar-refractivity contribution in [3.05, 3.63) is 61.4 Å². The van der Waals surface area contributed by atoms with Crippen LogP contribution in [-0.2, 0) is 28.4 Å². The molecule has 0 aliphatic carbocycles. The third-order valence-corrected chi connectivity index (χ3v) is 13.6. The molecule has 6 aromatic rings. The second kappa shape index (κ2) is 18.8. The largest absolute Gasteiger partial charge is 0.473 e. The highest BCUT2D eigenvalue weighted by molar-refractivity contribution is 5.86. The van der Waals surface area contributed by atoms with E-state index in [2.05, 4.69) is 57.7 Å². The van der Waals surface area contributed by atoms with E-state index in [-0.39, 0.29) is 35.9 Å². The van der Waals surface area contributed by atoms with Crippen LogP contribution in [0.3, 0.4) is 0 Å². The van der Waals surface area contributed by atoms with Crippen molar-refractivity contribution in [2.45, 2.75) is 44.9 Å². The number of pyridine rings is 4. The predicted octanol–water partition coefficient (Wildman–Crippen LogP) is 2.80. The fraction of sp³-hybridized carbons (Fsp3) is 0.489. The summed E-state index contributed by atoms with van der Waals surface area (Å²) in [5.74, 6) is 3.42. The van der Waals surface area contributed by atoms with Crippen LogP contribution in [0.25, 0.3) is 44.6 Å². The Morgan fingerprint density at radius 2 is 1.14 bits per heavy atom. The summed E-state index contributed by atoms with van der Waals surface area (Å²) in [5.41, 5.74) is 6.71. The Morgan fingerprint density at radius 1 is 0.652 bits per heavy atom. The molecule has 19 nitrogen and oxygen atoms in total. The SMILES string of the molecule is C[C@@H](Oc1nc(-c2ccc(N3CCN(C4COC4)CC3)nc2)cc2ncn(C)c12)[C@H]1CNC(=O)C1.C[C@@H](Oc1nc(-c2ccc(N3CCNCC3)nc2)cc2ncn(C)c12)[C@H]1CNC(=O)C1. The summed E-state index contributed by atoms with van der Waals surface area (Å²) < 4.78 is 21.8. The van der Waals surface area contributed by atoms with Crippen molar-refractivity contribution in [2.24, 2.45) is 25.9 Å². The van der Waals surface area contributed by atoms with Gasteiger partial charge in [-0.3, -0.25) is 14.5 Å². The first-order valence-electron chi connectivity index (χ1n) is 23.1. The van der Waals surface area contributed by atoms with Crippen molar-refractivity contribution in [3.8, 4) is 34.3 Å². The van der Waals surface area contributed by atoms with Gasteiger partial charge in [0.1, 0.15) is 34.9 Å². The van der Waals surface area contributed by atoms with E-state index in [1.165, 1.54) is 0 Å². The summed E-state index contributed by atoms with van der Waals surface area (Å²) in [4.78, 5) is 58.6. The summed E-state index contributed by atoms with van der Waals surface area (Å²) in [6, 6.07) is 12.8. The molecule has 0 saturated carbocycles. The Kier molecular flexibility index (Phi) is 12.4. The van der Waals surface area contributed by atoms with Gasteiger partial charge in [-0.1, -0.05) is 0 Å².